The molecule has 0 bridgehead atoms. The van der Waals surface area contributed by atoms with Crippen molar-refractivity contribution < 1.29 is 0 Å². The van der Waals surface area contributed by atoms with E-state index >= 15 is 0 Å². The van der Waals surface area contributed by atoms with Crippen LogP contribution in [0.4, 0.5) is 0 Å². The van der Waals surface area contributed by atoms with E-state index in [2.05, 4.69) is 64.7 Å². The van der Waals surface area contributed by atoms with Gasteiger partial charge in [0.2, 0.25) is 0 Å². The van der Waals surface area contributed by atoms with E-state index in [1.165, 1.54) is 35.4 Å². The molecule has 3 aromatic rings. The van der Waals surface area contributed by atoms with Gasteiger partial charge < -0.3 is 0 Å². The number of benzene rings is 1. The number of pyridine rings is 1. The maximum Gasteiger partial charge on any atom is 0.0534 e. The third-order valence-electron chi connectivity index (χ3n) is 5.23. The van der Waals surface area contributed by atoms with Gasteiger partial charge >= 0.3 is 0 Å². The Hall–Kier alpha value is -2.46. The van der Waals surface area contributed by atoms with Gasteiger partial charge in [-0.2, -0.15) is 5.10 Å². The smallest absolute Gasteiger partial charge is 0.0534 e. The first kappa shape index (κ1) is 17.0. The summed E-state index contributed by atoms with van der Waals surface area (Å²) >= 11 is 0. The van der Waals surface area contributed by atoms with Crippen LogP contribution in [-0.2, 0) is 20.0 Å². The van der Waals surface area contributed by atoms with Crippen LogP contribution in [0.2, 0.25) is 0 Å². The molecule has 0 saturated carbocycles. The zero-order valence-corrected chi connectivity index (χ0v) is 15.4. The van der Waals surface area contributed by atoms with Gasteiger partial charge in [0, 0.05) is 49.1 Å². The second-order valence-corrected chi connectivity index (χ2v) is 7.29. The summed E-state index contributed by atoms with van der Waals surface area (Å²) < 4.78 is 1.88. The molecule has 1 aliphatic heterocycles. The summed E-state index contributed by atoms with van der Waals surface area (Å²) in [6.07, 6.45) is 7.36. The predicted molar refractivity (Wildman–Crippen MR) is 104 cm³/mol. The first-order chi connectivity index (χ1) is 12.8. The number of nitrogens with zero attached hydrogens (tertiary/aromatic N) is 4. The van der Waals surface area contributed by atoms with Crippen molar-refractivity contribution in [2.75, 3.05) is 13.1 Å². The van der Waals surface area contributed by atoms with E-state index in [-0.39, 0.29) is 0 Å². The molecule has 4 nitrogen and oxygen atoms in total. The molecule has 0 N–H and O–H groups in total. The molecule has 0 aliphatic carbocycles. The van der Waals surface area contributed by atoms with Crippen LogP contribution in [0, 0.1) is 0 Å². The van der Waals surface area contributed by atoms with Gasteiger partial charge in [0.1, 0.15) is 0 Å². The number of likely N-dealkylation sites (tertiary alicyclic amines) is 1. The number of aromatic nitrogens is 3. The van der Waals surface area contributed by atoms with E-state index in [1.54, 1.807) is 0 Å². The van der Waals surface area contributed by atoms with Gasteiger partial charge in [-0.25, -0.2) is 0 Å². The largest absolute Gasteiger partial charge is 0.299 e. The quantitative estimate of drug-likeness (QED) is 0.705. The molecular formula is C22H26N4. The van der Waals surface area contributed by atoms with Crippen molar-refractivity contribution in [3.05, 3.63) is 83.4 Å². The second-order valence-electron chi connectivity index (χ2n) is 7.29. The molecule has 1 saturated heterocycles. The minimum absolute atomic E-state index is 0.580. The highest BCUT2D eigenvalue weighted by molar-refractivity contribution is 5.24. The number of aryl methyl sites for hydroxylation is 1. The van der Waals surface area contributed by atoms with Gasteiger partial charge in [-0.1, -0.05) is 36.4 Å². The standard InChI is InChI=1S/C22H26N4/c1-25-16-19(15-23-25)17-26-12-10-20(11-13-26)22-9-5-8-21(24-22)14-18-6-3-2-4-7-18/h2-9,15-16,20H,10-14,17H2,1H3. The zero-order chi connectivity index (χ0) is 17.8. The molecule has 0 spiro atoms. The highest BCUT2D eigenvalue weighted by atomic mass is 15.2. The molecule has 4 heteroatoms. The van der Waals surface area contributed by atoms with Crippen LogP contribution in [0.25, 0.3) is 0 Å². The SMILES string of the molecule is Cn1cc(CN2CCC(c3cccc(Cc4ccccc4)n3)CC2)cn1. The minimum Gasteiger partial charge on any atom is -0.299 e. The van der Waals surface area contributed by atoms with Crippen LogP contribution in [-0.4, -0.2) is 32.8 Å². The highest BCUT2D eigenvalue weighted by Crippen LogP contribution is 2.27. The summed E-state index contributed by atoms with van der Waals surface area (Å²) in [5, 5.41) is 4.27. The molecule has 0 unspecified atom stereocenters. The molecule has 0 atom stereocenters. The Kier molecular flexibility index (Phi) is 5.12. The molecule has 3 heterocycles. The van der Waals surface area contributed by atoms with E-state index in [4.69, 9.17) is 4.98 Å². The average molecular weight is 346 g/mol. The lowest BCUT2D eigenvalue weighted by Gasteiger charge is -2.31. The van der Waals surface area contributed by atoms with E-state index in [1.807, 2.05) is 17.9 Å². The summed E-state index contributed by atoms with van der Waals surface area (Å²) in [6.45, 7) is 3.26. The van der Waals surface area contributed by atoms with E-state index < -0.39 is 0 Å². The first-order valence-electron chi connectivity index (χ1n) is 9.46. The van der Waals surface area contributed by atoms with Crippen molar-refractivity contribution in [1.29, 1.82) is 0 Å². The summed E-state index contributed by atoms with van der Waals surface area (Å²) in [5.41, 5.74) is 5.06. The van der Waals surface area contributed by atoms with Crippen molar-refractivity contribution in [1.82, 2.24) is 19.7 Å². The van der Waals surface area contributed by atoms with Crippen LogP contribution in [0.15, 0.2) is 60.9 Å². The van der Waals surface area contributed by atoms with Crippen molar-refractivity contribution in [2.45, 2.75) is 31.7 Å². The lowest BCUT2D eigenvalue weighted by Crippen LogP contribution is -2.32. The molecular weight excluding hydrogens is 320 g/mol. The van der Waals surface area contributed by atoms with E-state index in [0.29, 0.717) is 5.92 Å². The molecule has 4 rings (SSSR count). The fourth-order valence-electron chi connectivity index (χ4n) is 3.83. The Labute approximate surface area is 155 Å². The van der Waals surface area contributed by atoms with E-state index in [0.717, 1.165) is 26.1 Å². The number of piperidine rings is 1. The summed E-state index contributed by atoms with van der Waals surface area (Å²) in [4.78, 5) is 7.50. The lowest BCUT2D eigenvalue weighted by atomic mass is 9.92. The molecule has 0 amide bonds. The van der Waals surface area contributed by atoms with Gasteiger partial charge in [0.05, 0.1) is 6.20 Å². The average Bonchev–Trinajstić information content (AvgIpc) is 3.08. The van der Waals surface area contributed by atoms with Gasteiger partial charge in [0.15, 0.2) is 0 Å². The van der Waals surface area contributed by atoms with Gasteiger partial charge in [-0.15, -0.1) is 0 Å². The normalized spacial score (nSPS) is 16.0. The molecule has 1 aromatic carbocycles. The van der Waals surface area contributed by atoms with Crippen LogP contribution < -0.4 is 0 Å². The third-order valence-corrected chi connectivity index (χ3v) is 5.23. The predicted octanol–water partition coefficient (Wildman–Crippen LogP) is 3.79. The Morgan fingerprint density at radius 1 is 0.962 bits per heavy atom. The number of hydrogen-bond donors (Lipinski definition) is 0. The molecule has 1 aliphatic rings. The van der Waals surface area contributed by atoms with Crippen LogP contribution in [0.5, 0.6) is 0 Å². The summed E-state index contributed by atoms with van der Waals surface area (Å²) in [5.74, 6) is 0.580. The topological polar surface area (TPSA) is 34.0 Å². The molecule has 26 heavy (non-hydrogen) atoms. The van der Waals surface area contributed by atoms with Gasteiger partial charge in [-0.3, -0.25) is 14.6 Å². The fourth-order valence-corrected chi connectivity index (χ4v) is 3.83. The van der Waals surface area contributed by atoms with Crippen LogP contribution in [0.1, 0.15) is 41.3 Å². The maximum atomic E-state index is 4.97. The zero-order valence-electron chi connectivity index (χ0n) is 15.4. The Morgan fingerprint density at radius 2 is 1.77 bits per heavy atom. The highest BCUT2D eigenvalue weighted by Gasteiger charge is 2.22. The van der Waals surface area contributed by atoms with Crippen molar-refractivity contribution >= 4 is 0 Å². The third kappa shape index (κ3) is 4.20. The first-order valence-corrected chi connectivity index (χ1v) is 9.46. The molecule has 134 valence electrons. The van der Waals surface area contributed by atoms with Crippen molar-refractivity contribution in [3.8, 4) is 0 Å². The fraction of sp³-hybridized carbons (Fsp3) is 0.364. The van der Waals surface area contributed by atoms with Gasteiger partial charge in [-0.05, 0) is 43.6 Å². The maximum absolute atomic E-state index is 4.97. The van der Waals surface area contributed by atoms with Crippen molar-refractivity contribution in [2.24, 2.45) is 7.05 Å². The van der Waals surface area contributed by atoms with Crippen LogP contribution >= 0.6 is 0 Å². The van der Waals surface area contributed by atoms with Crippen LogP contribution in [0.3, 0.4) is 0 Å². The summed E-state index contributed by atoms with van der Waals surface area (Å²) in [7, 11) is 1.98. The Morgan fingerprint density at radius 3 is 2.50 bits per heavy atom. The number of hydrogen-bond acceptors (Lipinski definition) is 3. The van der Waals surface area contributed by atoms with Gasteiger partial charge in [0.25, 0.3) is 0 Å². The lowest BCUT2D eigenvalue weighted by molar-refractivity contribution is 0.203. The minimum atomic E-state index is 0.580. The molecule has 1 fully saturated rings. The summed E-state index contributed by atoms with van der Waals surface area (Å²) in [6, 6.07) is 17.1. The van der Waals surface area contributed by atoms with Crippen molar-refractivity contribution in [3.63, 3.8) is 0 Å². The van der Waals surface area contributed by atoms with E-state index in [9.17, 15) is 0 Å². The number of rotatable bonds is 5. The Balaban J connectivity index is 1.36. The Bertz CT molecular complexity index is 832. The second kappa shape index (κ2) is 7.83. The monoisotopic (exact) mass is 346 g/mol. The molecule has 2 aromatic heterocycles. The molecule has 0 radical (unpaired) electrons.